The van der Waals surface area contributed by atoms with Crippen molar-refractivity contribution in [2.45, 2.75) is 76.7 Å². The Morgan fingerprint density at radius 2 is 1.17 bits per heavy atom. The molecule has 2 aliphatic heterocycles. The van der Waals surface area contributed by atoms with Crippen LogP contribution in [0.5, 0.6) is 0 Å². The standard InChI is InChI=1S/C43H51N9O7/c1-24(2)36(49-42(55)58-5)40(53)51-17-7-9-34(51)39-46-23-33(48-39)30-15-16-31(44-21-30)28-13-11-27-20-29(14-12-26(27)19-28)32-22-45-38(47-32)35-10-8-18-52(35)41(54)37(25(3)57-4)50-43(56)59-6/h11-16,19-25,34-37H,7-10,17-18H2,1-6H3,(H,45,47)(H,46,48)(H,49,55)(H,50,56)/t25?,34-,35-,36-,37-/m0/s1. The Bertz CT molecular complexity index is 2310. The fourth-order valence-corrected chi connectivity index (χ4v) is 7.99. The van der Waals surface area contributed by atoms with Crippen LogP contribution in [0.25, 0.3) is 44.5 Å². The fourth-order valence-electron chi connectivity index (χ4n) is 7.99. The van der Waals surface area contributed by atoms with Crippen molar-refractivity contribution < 1.29 is 33.4 Å². The summed E-state index contributed by atoms with van der Waals surface area (Å²) in [7, 11) is 4.04. The molecule has 5 aromatic rings. The van der Waals surface area contributed by atoms with Gasteiger partial charge in [-0.1, -0.05) is 38.1 Å². The van der Waals surface area contributed by atoms with Crippen LogP contribution in [0.4, 0.5) is 9.59 Å². The third-order valence-electron chi connectivity index (χ3n) is 11.4. The van der Waals surface area contributed by atoms with Gasteiger partial charge in [-0.3, -0.25) is 14.6 Å². The van der Waals surface area contributed by atoms with Crippen LogP contribution in [-0.4, -0.2) is 111 Å². The number of methoxy groups -OCH3 is 3. The van der Waals surface area contributed by atoms with Crippen molar-refractivity contribution in [2.75, 3.05) is 34.4 Å². The molecule has 4 amide bonds. The molecule has 0 radical (unpaired) electrons. The molecular formula is C43H51N9O7. The average molecular weight is 806 g/mol. The lowest BCUT2D eigenvalue weighted by atomic mass is 10.0. The smallest absolute Gasteiger partial charge is 0.407 e. The van der Waals surface area contributed by atoms with Crippen molar-refractivity contribution in [3.8, 4) is 33.8 Å². The van der Waals surface area contributed by atoms with Crippen molar-refractivity contribution in [2.24, 2.45) is 5.92 Å². The summed E-state index contributed by atoms with van der Waals surface area (Å²) >= 11 is 0. The Hall–Kier alpha value is -6.29. The molecule has 59 heavy (non-hydrogen) atoms. The van der Waals surface area contributed by atoms with Gasteiger partial charge in [0.05, 0.1) is 61.9 Å². The van der Waals surface area contributed by atoms with Gasteiger partial charge in [0, 0.05) is 43.1 Å². The Morgan fingerprint density at radius 1 is 0.661 bits per heavy atom. The summed E-state index contributed by atoms with van der Waals surface area (Å²) in [5.41, 5.74) is 5.26. The van der Waals surface area contributed by atoms with Crippen LogP contribution in [-0.2, 0) is 23.8 Å². The summed E-state index contributed by atoms with van der Waals surface area (Å²) in [6.07, 6.45) is 6.63. The number of likely N-dealkylation sites (tertiary alicyclic amines) is 2. The number of hydrogen-bond acceptors (Lipinski definition) is 10. The molecule has 16 heteroatoms. The molecule has 16 nitrogen and oxygen atoms in total. The minimum Gasteiger partial charge on any atom is -0.453 e. The summed E-state index contributed by atoms with van der Waals surface area (Å²) < 4.78 is 14.9. The van der Waals surface area contributed by atoms with E-state index < -0.39 is 30.4 Å². The maximum absolute atomic E-state index is 13.7. The van der Waals surface area contributed by atoms with E-state index >= 15 is 0 Å². The van der Waals surface area contributed by atoms with Crippen molar-refractivity contribution in [3.05, 3.63) is 78.8 Å². The second kappa shape index (κ2) is 17.7. The fraction of sp³-hybridized carbons (Fsp3) is 0.419. The van der Waals surface area contributed by atoms with Crippen LogP contribution >= 0.6 is 0 Å². The number of carbonyl (C=O) groups excluding carboxylic acids is 4. The molecule has 0 saturated carbocycles. The van der Waals surface area contributed by atoms with E-state index in [1.807, 2.05) is 44.3 Å². The molecule has 3 aromatic heterocycles. The van der Waals surface area contributed by atoms with Gasteiger partial charge in [-0.15, -0.1) is 0 Å². The summed E-state index contributed by atoms with van der Waals surface area (Å²) in [5.74, 6) is 0.863. The largest absolute Gasteiger partial charge is 0.453 e. The molecule has 2 fully saturated rings. The van der Waals surface area contributed by atoms with Crippen LogP contribution in [0, 0.1) is 5.92 Å². The molecule has 7 rings (SSSR count). The lowest BCUT2D eigenvalue weighted by Crippen LogP contribution is -2.54. The minimum absolute atomic E-state index is 0.115. The normalized spacial score (nSPS) is 18.2. The quantitative estimate of drug-likeness (QED) is 0.114. The zero-order valence-electron chi connectivity index (χ0n) is 34.2. The van der Waals surface area contributed by atoms with E-state index in [0.29, 0.717) is 24.7 Å². The van der Waals surface area contributed by atoms with Gasteiger partial charge in [0.1, 0.15) is 23.7 Å². The number of pyridine rings is 1. The number of aromatic nitrogens is 5. The van der Waals surface area contributed by atoms with Crippen molar-refractivity contribution in [1.29, 1.82) is 0 Å². The van der Waals surface area contributed by atoms with Gasteiger partial charge in [0.15, 0.2) is 0 Å². The third kappa shape index (κ3) is 8.63. The third-order valence-corrected chi connectivity index (χ3v) is 11.4. The van der Waals surface area contributed by atoms with E-state index in [1.165, 1.54) is 21.3 Å². The van der Waals surface area contributed by atoms with Gasteiger partial charge in [0.2, 0.25) is 11.8 Å². The number of fused-ring (bicyclic) bond motifs is 1. The van der Waals surface area contributed by atoms with Gasteiger partial charge in [-0.2, -0.15) is 0 Å². The average Bonchev–Trinajstić information content (AvgIpc) is 4.10. The molecule has 310 valence electrons. The zero-order valence-corrected chi connectivity index (χ0v) is 34.2. The highest BCUT2D eigenvalue weighted by Gasteiger charge is 2.39. The Labute approximate surface area is 342 Å². The topological polar surface area (TPSA) is 197 Å². The summed E-state index contributed by atoms with van der Waals surface area (Å²) in [5, 5.41) is 7.41. The lowest BCUT2D eigenvalue weighted by molar-refractivity contribution is -0.137. The predicted octanol–water partition coefficient (Wildman–Crippen LogP) is 6.15. The van der Waals surface area contributed by atoms with Crippen molar-refractivity contribution in [3.63, 3.8) is 0 Å². The molecule has 5 atom stereocenters. The predicted molar refractivity (Wildman–Crippen MR) is 220 cm³/mol. The summed E-state index contributed by atoms with van der Waals surface area (Å²) in [6, 6.07) is 14.3. The van der Waals surface area contributed by atoms with Gasteiger partial charge >= 0.3 is 12.2 Å². The molecule has 5 heterocycles. The molecule has 0 bridgehead atoms. The SMILES string of the molecule is COC(=O)N[C@H](C(=O)N1CCC[C@H]1c1ncc(-c2ccc(-c3ccc4cc(-c5cnc([C@@H]6CCCN6C(=O)[C@@H](NC(=O)OC)C(C)OC)[nH]5)ccc4c3)nc2)[nH]1)C(C)C. The van der Waals surface area contributed by atoms with Crippen LogP contribution in [0.2, 0.25) is 0 Å². The number of H-pyrrole nitrogens is 2. The first-order chi connectivity index (χ1) is 28.5. The number of amides is 4. The highest BCUT2D eigenvalue weighted by Crippen LogP contribution is 2.35. The monoisotopic (exact) mass is 805 g/mol. The van der Waals surface area contributed by atoms with Crippen LogP contribution in [0.1, 0.15) is 70.2 Å². The van der Waals surface area contributed by atoms with E-state index in [9.17, 15) is 19.2 Å². The number of carbonyl (C=O) groups is 4. The maximum atomic E-state index is 13.7. The van der Waals surface area contributed by atoms with Gasteiger partial charge in [-0.25, -0.2) is 19.6 Å². The lowest BCUT2D eigenvalue weighted by Gasteiger charge is -2.30. The molecule has 0 aliphatic carbocycles. The number of rotatable bonds is 12. The van der Waals surface area contributed by atoms with Crippen molar-refractivity contribution in [1.82, 2.24) is 45.4 Å². The van der Waals surface area contributed by atoms with Gasteiger partial charge < -0.3 is 44.6 Å². The minimum atomic E-state index is -0.901. The number of alkyl carbamates (subject to hydrolysis) is 2. The number of ether oxygens (including phenoxy) is 3. The second-order valence-corrected chi connectivity index (χ2v) is 15.4. The first-order valence-corrected chi connectivity index (χ1v) is 19.9. The molecule has 0 spiro atoms. The Kier molecular flexibility index (Phi) is 12.3. The maximum Gasteiger partial charge on any atom is 0.407 e. The summed E-state index contributed by atoms with van der Waals surface area (Å²) in [6.45, 7) is 6.64. The molecule has 2 saturated heterocycles. The molecule has 1 unspecified atom stereocenters. The Balaban J connectivity index is 1.03. The van der Waals surface area contributed by atoms with E-state index in [1.54, 1.807) is 29.1 Å². The van der Waals surface area contributed by atoms with Crippen LogP contribution < -0.4 is 10.6 Å². The first kappa shape index (κ1) is 40.9. The number of hydrogen-bond donors (Lipinski definition) is 4. The molecule has 2 aromatic carbocycles. The number of nitrogens with zero attached hydrogens (tertiary/aromatic N) is 5. The van der Waals surface area contributed by atoms with Gasteiger partial charge in [-0.05, 0) is 73.6 Å². The number of imidazole rings is 2. The molecule has 2 aliphatic rings. The first-order valence-electron chi connectivity index (χ1n) is 19.9. The highest BCUT2D eigenvalue weighted by atomic mass is 16.5. The van der Waals surface area contributed by atoms with Gasteiger partial charge in [0.25, 0.3) is 0 Å². The number of nitrogens with one attached hydrogen (secondary N) is 4. The highest BCUT2D eigenvalue weighted by molar-refractivity contribution is 5.90. The molecule has 4 N–H and O–H groups in total. The Morgan fingerprint density at radius 3 is 1.69 bits per heavy atom. The second-order valence-electron chi connectivity index (χ2n) is 15.4. The van der Waals surface area contributed by atoms with E-state index in [0.717, 1.165) is 70.2 Å². The van der Waals surface area contributed by atoms with E-state index in [4.69, 9.17) is 19.2 Å². The summed E-state index contributed by atoms with van der Waals surface area (Å²) in [4.78, 5) is 75.7. The van der Waals surface area contributed by atoms with E-state index in [-0.39, 0.29) is 29.8 Å². The molecular weight excluding hydrogens is 755 g/mol. The van der Waals surface area contributed by atoms with Crippen molar-refractivity contribution >= 4 is 34.8 Å². The van der Waals surface area contributed by atoms with Crippen LogP contribution in [0.3, 0.4) is 0 Å². The van der Waals surface area contributed by atoms with Crippen LogP contribution in [0.15, 0.2) is 67.1 Å². The zero-order chi connectivity index (χ0) is 41.8. The number of aromatic amines is 2. The van der Waals surface area contributed by atoms with E-state index in [2.05, 4.69) is 54.8 Å². The number of benzene rings is 2.